The van der Waals surface area contributed by atoms with Gasteiger partial charge in [-0.3, -0.25) is 4.79 Å². The molecule has 2 aromatic carbocycles. The number of fused-ring (bicyclic) bond motifs is 1. The van der Waals surface area contributed by atoms with Crippen molar-refractivity contribution in [1.82, 2.24) is 4.90 Å². The van der Waals surface area contributed by atoms with Crippen LogP contribution in [0.5, 0.6) is 0 Å². The van der Waals surface area contributed by atoms with Crippen molar-refractivity contribution in [2.24, 2.45) is 5.92 Å². The van der Waals surface area contributed by atoms with E-state index >= 15 is 0 Å². The predicted octanol–water partition coefficient (Wildman–Crippen LogP) is 3.48. The summed E-state index contributed by atoms with van der Waals surface area (Å²) in [5.41, 5.74) is 0.806. The minimum absolute atomic E-state index is 0.134. The molecule has 2 aromatic rings. The van der Waals surface area contributed by atoms with Crippen molar-refractivity contribution in [3.05, 3.63) is 48.0 Å². The first-order chi connectivity index (χ1) is 10.8. The summed E-state index contributed by atoms with van der Waals surface area (Å²) in [5.74, 6) is 0.914. The Balaban J connectivity index is 1.49. The van der Waals surface area contributed by atoms with E-state index in [1.807, 2.05) is 35.2 Å². The van der Waals surface area contributed by atoms with Crippen LogP contribution in [-0.2, 0) is 4.74 Å². The Kier molecular flexibility index (Phi) is 3.59. The third-order valence-electron chi connectivity index (χ3n) is 4.72. The van der Waals surface area contributed by atoms with Crippen LogP contribution < -0.4 is 0 Å². The second-order valence-electron chi connectivity index (χ2n) is 6.47. The molecular formula is C19H21NO2. The molecule has 4 rings (SSSR count). The average molecular weight is 295 g/mol. The largest absolute Gasteiger partial charge is 0.376 e. The summed E-state index contributed by atoms with van der Waals surface area (Å²) >= 11 is 0. The van der Waals surface area contributed by atoms with Crippen molar-refractivity contribution in [2.75, 3.05) is 19.7 Å². The van der Waals surface area contributed by atoms with Gasteiger partial charge in [0, 0.05) is 25.3 Å². The minimum Gasteiger partial charge on any atom is -0.376 e. The molecule has 0 aromatic heterocycles. The van der Waals surface area contributed by atoms with E-state index in [9.17, 15) is 4.79 Å². The fraction of sp³-hybridized carbons (Fsp3) is 0.421. The maximum Gasteiger partial charge on any atom is 0.254 e. The van der Waals surface area contributed by atoms with Gasteiger partial charge in [0.2, 0.25) is 0 Å². The molecule has 0 radical (unpaired) electrons. The van der Waals surface area contributed by atoms with Crippen LogP contribution in [0, 0.1) is 5.92 Å². The number of carbonyl (C=O) groups is 1. The highest BCUT2D eigenvalue weighted by molar-refractivity contribution is 6.07. The maximum absolute atomic E-state index is 12.8. The Morgan fingerprint density at radius 3 is 2.77 bits per heavy atom. The van der Waals surface area contributed by atoms with Crippen molar-refractivity contribution < 1.29 is 9.53 Å². The fourth-order valence-corrected chi connectivity index (χ4v) is 3.19. The lowest BCUT2D eigenvalue weighted by molar-refractivity contribution is 0.0481. The zero-order valence-electron chi connectivity index (χ0n) is 12.7. The van der Waals surface area contributed by atoms with E-state index in [4.69, 9.17) is 4.74 Å². The van der Waals surface area contributed by atoms with E-state index in [-0.39, 0.29) is 12.0 Å². The molecule has 1 aliphatic heterocycles. The highest BCUT2D eigenvalue weighted by Crippen LogP contribution is 2.30. The monoisotopic (exact) mass is 295 g/mol. The molecular weight excluding hydrogens is 274 g/mol. The molecule has 1 saturated heterocycles. The van der Waals surface area contributed by atoms with Gasteiger partial charge in [0.05, 0.1) is 6.10 Å². The Hall–Kier alpha value is -1.87. The Bertz CT molecular complexity index is 687. The van der Waals surface area contributed by atoms with Crippen LogP contribution in [-0.4, -0.2) is 36.6 Å². The third kappa shape index (κ3) is 2.73. The number of carbonyl (C=O) groups excluding carboxylic acids is 1. The summed E-state index contributed by atoms with van der Waals surface area (Å²) in [4.78, 5) is 14.8. The molecule has 1 aliphatic carbocycles. The third-order valence-corrected chi connectivity index (χ3v) is 4.72. The quantitative estimate of drug-likeness (QED) is 0.864. The number of hydrogen-bond acceptors (Lipinski definition) is 2. The second-order valence-corrected chi connectivity index (χ2v) is 6.47. The molecule has 0 spiro atoms. The van der Waals surface area contributed by atoms with Gasteiger partial charge in [-0.05, 0) is 42.0 Å². The lowest BCUT2D eigenvalue weighted by Crippen LogP contribution is -2.30. The molecule has 1 unspecified atom stereocenters. The van der Waals surface area contributed by atoms with Gasteiger partial charge in [0.1, 0.15) is 0 Å². The molecule has 0 bridgehead atoms. The van der Waals surface area contributed by atoms with E-state index in [1.54, 1.807) is 0 Å². The standard InChI is InChI=1S/C19H21NO2/c21-19(18-7-3-5-15-4-1-2-6-17(15)18)20-11-10-16(12-20)22-13-14-8-9-14/h1-7,14,16H,8-13H2. The maximum atomic E-state index is 12.8. The molecule has 1 atom stereocenters. The lowest BCUT2D eigenvalue weighted by atomic mass is 10.0. The smallest absolute Gasteiger partial charge is 0.254 e. The summed E-state index contributed by atoms with van der Waals surface area (Å²) in [6.45, 7) is 2.41. The Morgan fingerprint density at radius 1 is 1.09 bits per heavy atom. The topological polar surface area (TPSA) is 29.5 Å². The zero-order valence-corrected chi connectivity index (χ0v) is 12.7. The molecule has 2 aliphatic rings. The molecule has 114 valence electrons. The van der Waals surface area contributed by atoms with Crippen LogP contribution in [0.1, 0.15) is 29.6 Å². The summed E-state index contributed by atoms with van der Waals surface area (Å²) in [5, 5.41) is 2.16. The number of amides is 1. The number of ether oxygens (including phenoxy) is 1. The minimum atomic E-state index is 0.134. The molecule has 2 fully saturated rings. The molecule has 1 heterocycles. The summed E-state index contributed by atoms with van der Waals surface area (Å²) in [6, 6.07) is 14.0. The van der Waals surface area contributed by atoms with Gasteiger partial charge in [0.15, 0.2) is 0 Å². The van der Waals surface area contributed by atoms with Crippen molar-refractivity contribution in [3.8, 4) is 0 Å². The number of rotatable bonds is 4. The van der Waals surface area contributed by atoms with Crippen LogP contribution in [0.4, 0.5) is 0 Å². The number of benzene rings is 2. The zero-order chi connectivity index (χ0) is 14.9. The van der Waals surface area contributed by atoms with Gasteiger partial charge in [-0.2, -0.15) is 0 Å². The van der Waals surface area contributed by atoms with Gasteiger partial charge >= 0.3 is 0 Å². The molecule has 1 saturated carbocycles. The van der Waals surface area contributed by atoms with Crippen LogP contribution >= 0.6 is 0 Å². The average Bonchev–Trinajstić information content (AvgIpc) is 3.28. The van der Waals surface area contributed by atoms with Gasteiger partial charge < -0.3 is 9.64 Å². The van der Waals surface area contributed by atoms with Crippen molar-refractivity contribution in [2.45, 2.75) is 25.4 Å². The van der Waals surface area contributed by atoms with E-state index in [0.29, 0.717) is 0 Å². The molecule has 1 amide bonds. The first-order valence-corrected chi connectivity index (χ1v) is 8.20. The van der Waals surface area contributed by atoms with Crippen molar-refractivity contribution in [3.63, 3.8) is 0 Å². The summed E-state index contributed by atoms with van der Waals surface area (Å²) < 4.78 is 5.94. The Labute approximate surface area is 130 Å². The van der Waals surface area contributed by atoms with Gasteiger partial charge in [-0.15, -0.1) is 0 Å². The van der Waals surface area contributed by atoms with Crippen LogP contribution in [0.15, 0.2) is 42.5 Å². The van der Waals surface area contributed by atoms with Gasteiger partial charge in [0.25, 0.3) is 5.91 Å². The number of nitrogens with zero attached hydrogens (tertiary/aromatic N) is 1. The van der Waals surface area contributed by atoms with Crippen LogP contribution in [0.2, 0.25) is 0 Å². The predicted molar refractivity (Wildman–Crippen MR) is 86.9 cm³/mol. The lowest BCUT2D eigenvalue weighted by Gasteiger charge is -2.18. The Morgan fingerprint density at radius 2 is 1.91 bits per heavy atom. The normalized spacial score (nSPS) is 21.5. The van der Waals surface area contributed by atoms with Crippen molar-refractivity contribution in [1.29, 1.82) is 0 Å². The van der Waals surface area contributed by atoms with E-state index < -0.39 is 0 Å². The second kappa shape index (κ2) is 5.73. The number of likely N-dealkylation sites (tertiary alicyclic amines) is 1. The van der Waals surface area contributed by atoms with E-state index in [0.717, 1.165) is 48.4 Å². The molecule has 0 N–H and O–H groups in total. The van der Waals surface area contributed by atoms with Crippen LogP contribution in [0.3, 0.4) is 0 Å². The molecule has 22 heavy (non-hydrogen) atoms. The van der Waals surface area contributed by atoms with Crippen LogP contribution in [0.25, 0.3) is 10.8 Å². The van der Waals surface area contributed by atoms with Gasteiger partial charge in [-0.25, -0.2) is 0 Å². The highest BCUT2D eigenvalue weighted by Gasteiger charge is 2.30. The molecule has 3 heteroatoms. The first-order valence-electron chi connectivity index (χ1n) is 8.20. The van der Waals surface area contributed by atoms with E-state index in [2.05, 4.69) is 12.1 Å². The molecule has 3 nitrogen and oxygen atoms in total. The highest BCUT2D eigenvalue weighted by atomic mass is 16.5. The fourth-order valence-electron chi connectivity index (χ4n) is 3.19. The summed E-state index contributed by atoms with van der Waals surface area (Å²) in [7, 11) is 0. The number of hydrogen-bond donors (Lipinski definition) is 0. The van der Waals surface area contributed by atoms with Gasteiger partial charge in [-0.1, -0.05) is 36.4 Å². The van der Waals surface area contributed by atoms with Crippen molar-refractivity contribution >= 4 is 16.7 Å². The summed E-state index contributed by atoms with van der Waals surface area (Å²) in [6.07, 6.45) is 3.81. The van der Waals surface area contributed by atoms with E-state index in [1.165, 1.54) is 12.8 Å². The first kappa shape index (κ1) is 13.8. The SMILES string of the molecule is O=C(c1cccc2ccccc12)N1CCC(OCC2CC2)C1.